The molecular weight excluding hydrogens is 221 g/mol. The Morgan fingerprint density at radius 3 is 3.12 bits per heavy atom. The molecule has 1 aliphatic rings. The monoisotopic (exact) mass is 237 g/mol. The molecule has 92 valence electrons. The Labute approximate surface area is 99.8 Å². The van der Waals surface area contributed by atoms with Gasteiger partial charge in [0.2, 0.25) is 11.9 Å². The summed E-state index contributed by atoms with van der Waals surface area (Å²) >= 11 is 0. The van der Waals surface area contributed by atoms with Crippen molar-refractivity contribution in [1.29, 1.82) is 0 Å². The van der Waals surface area contributed by atoms with Gasteiger partial charge >= 0.3 is 0 Å². The summed E-state index contributed by atoms with van der Waals surface area (Å²) in [6.45, 7) is 1.43. The van der Waals surface area contributed by atoms with Crippen LogP contribution < -0.4 is 10.2 Å². The first-order valence-electron chi connectivity index (χ1n) is 5.80. The van der Waals surface area contributed by atoms with E-state index in [-0.39, 0.29) is 11.8 Å². The number of hydrogen-bond acceptors (Lipinski definition) is 3. The second-order valence-corrected chi connectivity index (χ2v) is 4.22. The highest BCUT2D eigenvalue weighted by atomic mass is 19.1. The molecule has 0 bridgehead atoms. The minimum absolute atomic E-state index is 0.0289. The number of aromatic nitrogens is 1. The molecule has 2 heterocycles. The molecule has 1 aliphatic heterocycles. The molecule has 1 aromatic rings. The molecule has 1 aromatic heterocycles. The lowest BCUT2D eigenvalue weighted by atomic mass is 9.97. The third kappa shape index (κ3) is 2.72. The molecule has 2 rings (SSSR count). The zero-order valence-corrected chi connectivity index (χ0v) is 9.82. The first kappa shape index (κ1) is 11.8. The van der Waals surface area contributed by atoms with Crippen molar-refractivity contribution in [3.05, 3.63) is 24.1 Å². The van der Waals surface area contributed by atoms with Crippen LogP contribution in [0.4, 0.5) is 10.2 Å². The van der Waals surface area contributed by atoms with E-state index >= 15 is 0 Å². The van der Waals surface area contributed by atoms with Crippen LogP contribution in [-0.2, 0) is 4.79 Å². The third-order valence-corrected chi connectivity index (χ3v) is 3.06. The second-order valence-electron chi connectivity index (χ2n) is 4.22. The summed E-state index contributed by atoms with van der Waals surface area (Å²) in [5.74, 6) is 0.146. The van der Waals surface area contributed by atoms with Gasteiger partial charge in [0.05, 0.1) is 5.92 Å². The van der Waals surface area contributed by atoms with Crippen LogP contribution in [0.3, 0.4) is 0 Å². The number of carbonyl (C=O) groups is 1. The van der Waals surface area contributed by atoms with E-state index in [2.05, 4.69) is 10.3 Å². The molecule has 1 amide bonds. The Morgan fingerprint density at radius 1 is 1.59 bits per heavy atom. The number of nitrogens with zero attached hydrogens (tertiary/aromatic N) is 2. The van der Waals surface area contributed by atoms with Gasteiger partial charge in [0.1, 0.15) is 5.82 Å². The van der Waals surface area contributed by atoms with Crippen molar-refractivity contribution in [1.82, 2.24) is 10.3 Å². The summed E-state index contributed by atoms with van der Waals surface area (Å²) in [6, 6.07) is 4.74. The highest BCUT2D eigenvalue weighted by Crippen LogP contribution is 2.21. The molecule has 4 nitrogen and oxygen atoms in total. The molecule has 17 heavy (non-hydrogen) atoms. The topological polar surface area (TPSA) is 45.2 Å². The molecule has 0 radical (unpaired) electrons. The fraction of sp³-hybridized carbons (Fsp3) is 0.500. The number of hydrogen-bond donors (Lipinski definition) is 1. The number of amides is 1. The van der Waals surface area contributed by atoms with E-state index in [1.165, 1.54) is 6.07 Å². The lowest BCUT2D eigenvalue weighted by Crippen LogP contribution is -2.42. The van der Waals surface area contributed by atoms with Gasteiger partial charge < -0.3 is 10.2 Å². The SMILES string of the molecule is CNC(=O)[C@H]1CCCN(c2cccc(F)n2)C1. The highest BCUT2D eigenvalue weighted by Gasteiger charge is 2.25. The number of carbonyl (C=O) groups excluding carboxylic acids is 1. The van der Waals surface area contributed by atoms with Gasteiger partial charge in [-0.1, -0.05) is 6.07 Å². The fourth-order valence-corrected chi connectivity index (χ4v) is 2.18. The molecule has 0 saturated carbocycles. The standard InChI is InChI=1S/C12H16FN3O/c1-14-12(17)9-4-3-7-16(8-9)11-6-2-5-10(13)15-11/h2,5-6,9H,3-4,7-8H2,1H3,(H,14,17)/t9-/m0/s1. The quantitative estimate of drug-likeness (QED) is 0.786. The van der Waals surface area contributed by atoms with E-state index in [1.54, 1.807) is 19.2 Å². The molecular formula is C12H16FN3O. The number of anilines is 1. The van der Waals surface area contributed by atoms with Gasteiger partial charge in [0, 0.05) is 20.1 Å². The van der Waals surface area contributed by atoms with E-state index in [0.717, 1.165) is 19.4 Å². The first-order chi connectivity index (χ1) is 8.20. The Morgan fingerprint density at radius 2 is 2.41 bits per heavy atom. The largest absolute Gasteiger partial charge is 0.359 e. The molecule has 0 unspecified atom stereocenters. The smallest absolute Gasteiger partial charge is 0.224 e. The first-order valence-corrected chi connectivity index (χ1v) is 5.80. The maximum Gasteiger partial charge on any atom is 0.224 e. The fourth-order valence-electron chi connectivity index (χ4n) is 2.18. The third-order valence-electron chi connectivity index (χ3n) is 3.06. The van der Waals surface area contributed by atoms with Crippen LogP contribution in [0.1, 0.15) is 12.8 Å². The van der Waals surface area contributed by atoms with Gasteiger partial charge in [-0.25, -0.2) is 4.98 Å². The molecule has 1 N–H and O–H groups in total. The number of rotatable bonds is 2. The van der Waals surface area contributed by atoms with Crippen molar-refractivity contribution in [2.24, 2.45) is 5.92 Å². The Bertz CT molecular complexity index is 410. The van der Waals surface area contributed by atoms with Crippen molar-refractivity contribution in [2.75, 3.05) is 25.0 Å². The number of piperidine rings is 1. The lowest BCUT2D eigenvalue weighted by Gasteiger charge is -2.32. The number of nitrogens with one attached hydrogen (secondary N) is 1. The van der Waals surface area contributed by atoms with Gasteiger partial charge in [0.25, 0.3) is 0 Å². The van der Waals surface area contributed by atoms with E-state index in [0.29, 0.717) is 12.4 Å². The minimum atomic E-state index is -0.482. The van der Waals surface area contributed by atoms with Crippen molar-refractivity contribution >= 4 is 11.7 Å². The van der Waals surface area contributed by atoms with Crippen LogP contribution in [0.15, 0.2) is 18.2 Å². The summed E-state index contributed by atoms with van der Waals surface area (Å²) in [5.41, 5.74) is 0. The zero-order valence-electron chi connectivity index (χ0n) is 9.82. The highest BCUT2D eigenvalue weighted by molar-refractivity contribution is 5.79. The molecule has 0 aliphatic carbocycles. The van der Waals surface area contributed by atoms with Crippen LogP contribution in [-0.4, -0.2) is 31.0 Å². The van der Waals surface area contributed by atoms with Crippen molar-refractivity contribution < 1.29 is 9.18 Å². The Kier molecular flexibility index (Phi) is 3.56. The molecule has 1 atom stereocenters. The van der Waals surface area contributed by atoms with Crippen molar-refractivity contribution in [2.45, 2.75) is 12.8 Å². The van der Waals surface area contributed by atoms with Gasteiger partial charge in [-0.3, -0.25) is 4.79 Å². The van der Waals surface area contributed by atoms with E-state index in [9.17, 15) is 9.18 Å². The Hall–Kier alpha value is -1.65. The summed E-state index contributed by atoms with van der Waals surface area (Å²) in [7, 11) is 1.64. The van der Waals surface area contributed by atoms with E-state index in [1.807, 2.05) is 4.90 Å². The molecule has 0 spiro atoms. The molecule has 1 saturated heterocycles. The van der Waals surface area contributed by atoms with Crippen LogP contribution in [0.25, 0.3) is 0 Å². The maximum atomic E-state index is 13.0. The van der Waals surface area contributed by atoms with Crippen LogP contribution in [0.5, 0.6) is 0 Å². The summed E-state index contributed by atoms with van der Waals surface area (Å²) in [6.07, 6.45) is 1.81. The van der Waals surface area contributed by atoms with Crippen LogP contribution >= 0.6 is 0 Å². The molecule has 0 aromatic carbocycles. The molecule has 1 fully saturated rings. The van der Waals surface area contributed by atoms with E-state index < -0.39 is 5.95 Å². The maximum absolute atomic E-state index is 13.0. The van der Waals surface area contributed by atoms with Crippen LogP contribution in [0.2, 0.25) is 0 Å². The predicted octanol–water partition coefficient (Wildman–Crippen LogP) is 1.18. The average molecular weight is 237 g/mol. The van der Waals surface area contributed by atoms with Gasteiger partial charge in [-0.15, -0.1) is 0 Å². The van der Waals surface area contributed by atoms with Crippen molar-refractivity contribution in [3.63, 3.8) is 0 Å². The van der Waals surface area contributed by atoms with E-state index in [4.69, 9.17) is 0 Å². The van der Waals surface area contributed by atoms with Gasteiger partial charge in [-0.2, -0.15) is 4.39 Å². The number of pyridine rings is 1. The summed E-state index contributed by atoms with van der Waals surface area (Å²) < 4.78 is 13.0. The van der Waals surface area contributed by atoms with Crippen LogP contribution in [0, 0.1) is 11.9 Å². The average Bonchev–Trinajstić information content (AvgIpc) is 2.38. The summed E-state index contributed by atoms with van der Waals surface area (Å²) in [4.78, 5) is 17.4. The second kappa shape index (κ2) is 5.12. The lowest BCUT2D eigenvalue weighted by molar-refractivity contribution is -0.124. The Balaban J connectivity index is 2.09. The minimum Gasteiger partial charge on any atom is -0.359 e. The van der Waals surface area contributed by atoms with Gasteiger partial charge in [0.15, 0.2) is 0 Å². The zero-order chi connectivity index (χ0) is 12.3. The van der Waals surface area contributed by atoms with Crippen molar-refractivity contribution in [3.8, 4) is 0 Å². The summed E-state index contributed by atoms with van der Waals surface area (Å²) in [5, 5.41) is 2.66. The normalized spacial score (nSPS) is 20.1. The predicted molar refractivity (Wildman–Crippen MR) is 63.2 cm³/mol. The number of halogens is 1. The van der Waals surface area contributed by atoms with Gasteiger partial charge in [-0.05, 0) is 25.0 Å². The molecule has 5 heteroatoms.